The van der Waals surface area contributed by atoms with Crippen molar-refractivity contribution in [3.8, 4) is 17.0 Å². The molecule has 1 atom stereocenters. The van der Waals surface area contributed by atoms with Gasteiger partial charge in [0, 0.05) is 29.4 Å². The van der Waals surface area contributed by atoms with Gasteiger partial charge < -0.3 is 20.1 Å². The van der Waals surface area contributed by atoms with Crippen molar-refractivity contribution in [3.05, 3.63) is 60.2 Å². The summed E-state index contributed by atoms with van der Waals surface area (Å²) in [6.07, 6.45) is 0.952. The van der Waals surface area contributed by atoms with E-state index < -0.39 is 5.97 Å². The largest absolute Gasteiger partial charge is 0.496 e. The number of esters is 1. The molecule has 0 amide bonds. The molecule has 0 aliphatic heterocycles. The van der Waals surface area contributed by atoms with E-state index in [1.807, 2.05) is 36.4 Å². The van der Waals surface area contributed by atoms with E-state index >= 15 is 0 Å². The van der Waals surface area contributed by atoms with Crippen LogP contribution in [0.5, 0.6) is 5.75 Å². The van der Waals surface area contributed by atoms with Crippen LogP contribution in [0.3, 0.4) is 0 Å². The number of ether oxygens (including phenoxy) is 2. The summed E-state index contributed by atoms with van der Waals surface area (Å²) >= 11 is 0. The number of benzene rings is 2. The van der Waals surface area contributed by atoms with Gasteiger partial charge >= 0.3 is 5.97 Å². The lowest BCUT2D eigenvalue weighted by atomic mass is 10.1. The Bertz CT molecular complexity index is 1010. The highest BCUT2D eigenvalue weighted by Gasteiger charge is 2.14. The molecule has 3 aromatic rings. The summed E-state index contributed by atoms with van der Waals surface area (Å²) in [5.41, 5.74) is 2.88. The number of nitrogens with zero attached hydrogens (tertiary/aromatic N) is 2. The third-order valence-corrected chi connectivity index (χ3v) is 4.66. The third kappa shape index (κ3) is 5.05. The fourth-order valence-electron chi connectivity index (χ4n) is 2.85. The fraction of sp³-hybridized carbons (Fsp3) is 0.261. The zero-order valence-corrected chi connectivity index (χ0v) is 17.6. The van der Waals surface area contributed by atoms with E-state index in [2.05, 4.69) is 34.4 Å². The van der Waals surface area contributed by atoms with Gasteiger partial charge in [-0.2, -0.15) is 4.98 Å². The second kappa shape index (κ2) is 9.73. The number of anilines is 3. The van der Waals surface area contributed by atoms with E-state index in [4.69, 9.17) is 9.47 Å². The molecule has 0 spiro atoms. The molecule has 0 radical (unpaired) electrons. The Morgan fingerprint density at radius 1 is 1.07 bits per heavy atom. The Kier molecular flexibility index (Phi) is 6.85. The number of carbonyl (C=O) groups is 1. The summed E-state index contributed by atoms with van der Waals surface area (Å²) in [7, 11) is 2.85. The van der Waals surface area contributed by atoms with Crippen molar-refractivity contribution in [2.24, 2.45) is 0 Å². The summed E-state index contributed by atoms with van der Waals surface area (Å²) in [4.78, 5) is 21.2. The van der Waals surface area contributed by atoms with Crippen LogP contribution in [0.15, 0.2) is 54.6 Å². The smallest absolute Gasteiger partial charge is 0.341 e. The van der Waals surface area contributed by atoms with Gasteiger partial charge in [-0.15, -0.1) is 0 Å². The monoisotopic (exact) mass is 406 g/mol. The first kappa shape index (κ1) is 21.1. The van der Waals surface area contributed by atoms with Crippen LogP contribution in [0.1, 0.15) is 30.6 Å². The van der Waals surface area contributed by atoms with Gasteiger partial charge in [-0.1, -0.05) is 37.3 Å². The number of hydrogen-bond acceptors (Lipinski definition) is 7. The molecular weight excluding hydrogens is 380 g/mol. The quantitative estimate of drug-likeness (QED) is 0.515. The van der Waals surface area contributed by atoms with Gasteiger partial charge in [0.15, 0.2) is 0 Å². The number of nitrogens with one attached hydrogen (secondary N) is 2. The van der Waals surface area contributed by atoms with Gasteiger partial charge in [-0.05, 0) is 25.5 Å². The fourth-order valence-corrected chi connectivity index (χ4v) is 2.85. The van der Waals surface area contributed by atoms with Crippen LogP contribution in [0.25, 0.3) is 11.3 Å². The van der Waals surface area contributed by atoms with Gasteiger partial charge in [0.05, 0.1) is 19.9 Å². The number of methoxy groups -OCH3 is 2. The standard InChI is InChI=1S/C23H26N4O3/c1-5-15(2)24-23-26-19(16-9-7-6-8-10-16)14-21(27-23)25-17-11-12-18(22(28)30-4)20(13-17)29-3/h6-15H,5H2,1-4H3,(H2,24,25,26,27)/t15-/m0/s1. The van der Waals surface area contributed by atoms with Gasteiger partial charge in [0.2, 0.25) is 5.95 Å². The van der Waals surface area contributed by atoms with Crippen molar-refractivity contribution in [1.29, 1.82) is 0 Å². The van der Waals surface area contributed by atoms with Crippen molar-refractivity contribution in [3.63, 3.8) is 0 Å². The zero-order chi connectivity index (χ0) is 21.5. The molecule has 0 saturated heterocycles. The van der Waals surface area contributed by atoms with Gasteiger partial charge in [0.25, 0.3) is 0 Å². The molecular formula is C23H26N4O3. The average molecular weight is 406 g/mol. The molecule has 1 aromatic heterocycles. The Labute approximate surface area is 176 Å². The second-order valence-electron chi connectivity index (χ2n) is 6.81. The number of aromatic nitrogens is 2. The number of hydrogen-bond donors (Lipinski definition) is 2. The average Bonchev–Trinajstić information content (AvgIpc) is 2.78. The topological polar surface area (TPSA) is 85.4 Å². The van der Waals surface area contributed by atoms with Crippen LogP contribution in [0.2, 0.25) is 0 Å². The molecule has 0 aliphatic carbocycles. The molecule has 7 heteroatoms. The maximum atomic E-state index is 11.9. The molecule has 0 saturated carbocycles. The first-order valence-corrected chi connectivity index (χ1v) is 9.78. The molecule has 3 rings (SSSR count). The van der Waals surface area contributed by atoms with Crippen molar-refractivity contribution in [2.45, 2.75) is 26.3 Å². The van der Waals surface area contributed by atoms with Crippen molar-refractivity contribution >= 4 is 23.4 Å². The lowest BCUT2D eigenvalue weighted by Crippen LogP contribution is -2.16. The van der Waals surface area contributed by atoms with Crippen LogP contribution in [0.4, 0.5) is 17.5 Å². The second-order valence-corrected chi connectivity index (χ2v) is 6.81. The summed E-state index contributed by atoms with van der Waals surface area (Å²) < 4.78 is 10.1. The molecule has 7 nitrogen and oxygen atoms in total. The molecule has 0 unspecified atom stereocenters. The Hall–Kier alpha value is -3.61. The SMILES string of the molecule is CC[C@H](C)Nc1nc(Nc2ccc(C(=O)OC)c(OC)c2)cc(-c2ccccc2)n1. The third-order valence-electron chi connectivity index (χ3n) is 4.66. The van der Waals surface area contributed by atoms with Crippen LogP contribution in [-0.4, -0.2) is 36.2 Å². The summed E-state index contributed by atoms with van der Waals surface area (Å²) in [6.45, 7) is 4.19. The zero-order valence-electron chi connectivity index (χ0n) is 17.6. The predicted octanol–water partition coefficient (Wildman–Crippen LogP) is 4.89. The minimum atomic E-state index is -0.452. The van der Waals surface area contributed by atoms with E-state index in [1.165, 1.54) is 14.2 Å². The van der Waals surface area contributed by atoms with Crippen LogP contribution in [-0.2, 0) is 4.74 Å². The minimum absolute atomic E-state index is 0.239. The molecule has 2 aromatic carbocycles. The summed E-state index contributed by atoms with van der Waals surface area (Å²) in [6, 6.07) is 17.2. The highest BCUT2D eigenvalue weighted by Crippen LogP contribution is 2.28. The maximum Gasteiger partial charge on any atom is 0.341 e. The van der Waals surface area contributed by atoms with E-state index in [0.29, 0.717) is 23.1 Å². The Morgan fingerprint density at radius 3 is 2.50 bits per heavy atom. The van der Waals surface area contributed by atoms with Crippen molar-refractivity contribution in [2.75, 3.05) is 24.9 Å². The molecule has 156 valence electrons. The molecule has 2 N–H and O–H groups in total. The molecule has 1 heterocycles. The minimum Gasteiger partial charge on any atom is -0.496 e. The highest BCUT2D eigenvalue weighted by molar-refractivity contribution is 5.93. The van der Waals surface area contributed by atoms with Gasteiger partial charge in [0.1, 0.15) is 17.1 Å². The first-order chi connectivity index (χ1) is 14.5. The predicted molar refractivity (Wildman–Crippen MR) is 118 cm³/mol. The normalized spacial score (nSPS) is 11.5. The Balaban J connectivity index is 1.96. The first-order valence-electron chi connectivity index (χ1n) is 9.78. The highest BCUT2D eigenvalue weighted by atomic mass is 16.5. The Morgan fingerprint density at radius 2 is 1.83 bits per heavy atom. The van der Waals surface area contributed by atoms with Crippen LogP contribution in [0, 0.1) is 0 Å². The number of rotatable bonds is 8. The molecule has 0 fully saturated rings. The van der Waals surface area contributed by atoms with E-state index in [0.717, 1.165) is 23.4 Å². The van der Waals surface area contributed by atoms with Crippen LogP contribution >= 0.6 is 0 Å². The van der Waals surface area contributed by atoms with Crippen molar-refractivity contribution in [1.82, 2.24) is 9.97 Å². The van der Waals surface area contributed by atoms with E-state index in [9.17, 15) is 4.79 Å². The van der Waals surface area contributed by atoms with Crippen molar-refractivity contribution < 1.29 is 14.3 Å². The van der Waals surface area contributed by atoms with E-state index in [1.54, 1.807) is 18.2 Å². The molecule has 0 bridgehead atoms. The molecule has 0 aliphatic rings. The van der Waals surface area contributed by atoms with Gasteiger partial charge in [-0.3, -0.25) is 0 Å². The van der Waals surface area contributed by atoms with E-state index in [-0.39, 0.29) is 6.04 Å². The van der Waals surface area contributed by atoms with Gasteiger partial charge in [-0.25, -0.2) is 9.78 Å². The molecule has 30 heavy (non-hydrogen) atoms. The van der Waals surface area contributed by atoms with Crippen LogP contribution < -0.4 is 15.4 Å². The maximum absolute atomic E-state index is 11.9. The number of carbonyl (C=O) groups excluding carboxylic acids is 1. The summed E-state index contributed by atoms with van der Waals surface area (Å²) in [5, 5.41) is 6.62. The lowest BCUT2D eigenvalue weighted by molar-refractivity contribution is 0.0597. The summed E-state index contributed by atoms with van der Waals surface area (Å²) in [5.74, 6) is 1.14. The lowest BCUT2D eigenvalue weighted by Gasteiger charge is -2.15.